The molecule has 0 spiro atoms. The number of hydrazine groups is 1. The van der Waals surface area contributed by atoms with Crippen LogP contribution in [0, 0.1) is 17.6 Å². The second kappa shape index (κ2) is 5.06. The lowest BCUT2D eigenvalue weighted by molar-refractivity contribution is 0.551. The minimum Gasteiger partial charge on any atom is -0.351 e. The molecule has 100 valence electrons. The summed E-state index contributed by atoms with van der Waals surface area (Å²) < 4.78 is 27.2. The van der Waals surface area contributed by atoms with E-state index in [1.807, 2.05) is 4.90 Å². The third-order valence-corrected chi connectivity index (χ3v) is 2.87. The molecule has 2 rings (SSSR count). The molecule has 1 aliphatic rings. The van der Waals surface area contributed by atoms with Crippen LogP contribution in [0.3, 0.4) is 0 Å². The molecule has 0 unspecified atom stereocenters. The van der Waals surface area contributed by atoms with Crippen molar-refractivity contribution in [2.24, 2.45) is 11.8 Å². The van der Waals surface area contributed by atoms with Gasteiger partial charge in [-0.3, -0.25) is 0 Å². The SMILES string of the molecule is CC(C)CN(c1nc(NN)c(F)cc1F)C1CC1. The Hall–Kier alpha value is -1.43. The van der Waals surface area contributed by atoms with Crippen molar-refractivity contribution in [3.8, 4) is 0 Å². The van der Waals surface area contributed by atoms with Gasteiger partial charge in [-0.1, -0.05) is 13.8 Å². The van der Waals surface area contributed by atoms with Crippen LogP contribution in [0.25, 0.3) is 0 Å². The molecule has 0 saturated heterocycles. The summed E-state index contributed by atoms with van der Waals surface area (Å²) in [7, 11) is 0. The second-order valence-corrected chi connectivity index (χ2v) is 5.05. The molecule has 1 aromatic heterocycles. The predicted octanol–water partition coefficient (Wildman–Crippen LogP) is 2.27. The van der Waals surface area contributed by atoms with E-state index in [4.69, 9.17) is 5.84 Å². The number of hydrogen-bond donors (Lipinski definition) is 2. The highest BCUT2D eigenvalue weighted by molar-refractivity contribution is 5.50. The van der Waals surface area contributed by atoms with Gasteiger partial charge in [0.1, 0.15) is 0 Å². The molecule has 1 fully saturated rings. The van der Waals surface area contributed by atoms with Gasteiger partial charge in [0.2, 0.25) is 0 Å². The molecule has 3 N–H and O–H groups in total. The molecule has 4 nitrogen and oxygen atoms in total. The zero-order valence-electron chi connectivity index (χ0n) is 10.6. The quantitative estimate of drug-likeness (QED) is 0.627. The Balaban J connectivity index is 2.34. The van der Waals surface area contributed by atoms with Gasteiger partial charge in [0, 0.05) is 18.7 Å². The van der Waals surface area contributed by atoms with E-state index in [0.29, 0.717) is 18.5 Å². The van der Waals surface area contributed by atoms with E-state index in [9.17, 15) is 8.78 Å². The van der Waals surface area contributed by atoms with Crippen LogP contribution in [0.1, 0.15) is 26.7 Å². The lowest BCUT2D eigenvalue weighted by Gasteiger charge is -2.26. The summed E-state index contributed by atoms with van der Waals surface area (Å²) in [4.78, 5) is 5.85. The van der Waals surface area contributed by atoms with Crippen LogP contribution in [0.15, 0.2) is 6.07 Å². The Labute approximate surface area is 105 Å². The third kappa shape index (κ3) is 2.69. The van der Waals surface area contributed by atoms with Crippen LogP contribution in [0.2, 0.25) is 0 Å². The minimum absolute atomic E-state index is 0.124. The van der Waals surface area contributed by atoms with E-state index in [1.165, 1.54) is 0 Å². The van der Waals surface area contributed by atoms with Gasteiger partial charge < -0.3 is 10.3 Å². The van der Waals surface area contributed by atoms with Crippen LogP contribution in [-0.2, 0) is 0 Å². The first kappa shape index (κ1) is 13.0. The van der Waals surface area contributed by atoms with E-state index in [1.54, 1.807) is 0 Å². The molecule has 0 aromatic carbocycles. The van der Waals surface area contributed by atoms with Crippen LogP contribution < -0.4 is 16.2 Å². The number of rotatable bonds is 5. The minimum atomic E-state index is -0.779. The molecule has 6 heteroatoms. The monoisotopic (exact) mass is 256 g/mol. The van der Waals surface area contributed by atoms with E-state index >= 15 is 0 Å². The number of aromatic nitrogens is 1. The number of nitrogens with two attached hydrogens (primary N) is 1. The zero-order chi connectivity index (χ0) is 13.3. The fourth-order valence-electron chi connectivity index (χ4n) is 1.95. The van der Waals surface area contributed by atoms with Crippen molar-refractivity contribution in [1.82, 2.24) is 4.98 Å². The fraction of sp³-hybridized carbons (Fsp3) is 0.583. The Morgan fingerprint density at radius 1 is 1.44 bits per heavy atom. The largest absolute Gasteiger partial charge is 0.351 e. The van der Waals surface area contributed by atoms with Crippen LogP contribution in [-0.4, -0.2) is 17.6 Å². The van der Waals surface area contributed by atoms with Crippen molar-refractivity contribution in [2.45, 2.75) is 32.7 Å². The molecular weight excluding hydrogens is 238 g/mol. The molecule has 0 atom stereocenters. The number of hydrogen-bond acceptors (Lipinski definition) is 4. The Morgan fingerprint density at radius 3 is 2.61 bits per heavy atom. The highest BCUT2D eigenvalue weighted by atomic mass is 19.1. The number of nitrogens with one attached hydrogen (secondary N) is 1. The Kier molecular flexibility index (Phi) is 3.65. The predicted molar refractivity (Wildman–Crippen MR) is 67.2 cm³/mol. The zero-order valence-corrected chi connectivity index (χ0v) is 10.6. The van der Waals surface area contributed by atoms with Gasteiger partial charge in [-0.15, -0.1) is 0 Å². The van der Waals surface area contributed by atoms with E-state index in [2.05, 4.69) is 24.3 Å². The molecular formula is C12H18F2N4. The smallest absolute Gasteiger partial charge is 0.178 e. The number of halogens is 2. The van der Waals surface area contributed by atoms with Crippen LogP contribution in [0.5, 0.6) is 0 Å². The first-order valence-corrected chi connectivity index (χ1v) is 6.12. The molecule has 1 saturated carbocycles. The summed E-state index contributed by atoms with van der Waals surface area (Å²) in [5.41, 5.74) is 2.15. The molecule has 18 heavy (non-hydrogen) atoms. The summed E-state index contributed by atoms with van der Waals surface area (Å²) in [6.45, 7) is 4.81. The average molecular weight is 256 g/mol. The third-order valence-electron chi connectivity index (χ3n) is 2.87. The van der Waals surface area contributed by atoms with Gasteiger partial charge in [-0.05, 0) is 18.8 Å². The van der Waals surface area contributed by atoms with Gasteiger partial charge in [0.05, 0.1) is 0 Å². The van der Waals surface area contributed by atoms with Gasteiger partial charge in [-0.25, -0.2) is 19.6 Å². The normalized spacial score (nSPS) is 15.0. The maximum Gasteiger partial charge on any atom is 0.178 e. The molecule has 1 heterocycles. The second-order valence-electron chi connectivity index (χ2n) is 5.05. The van der Waals surface area contributed by atoms with Crippen molar-refractivity contribution in [1.29, 1.82) is 0 Å². The van der Waals surface area contributed by atoms with Crippen molar-refractivity contribution < 1.29 is 8.78 Å². The first-order chi connectivity index (χ1) is 8.52. The van der Waals surface area contributed by atoms with Crippen molar-refractivity contribution in [3.05, 3.63) is 17.7 Å². The summed E-state index contributed by atoms with van der Waals surface area (Å²) in [5, 5.41) is 0. The molecule has 0 bridgehead atoms. The average Bonchev–Trinajstić information content (AvgIpc) is 3.10. The van der Waals surface area contributed by atoms with Gasteiger partial charge in [0.15, 0.2) is 23.3 Å². The lowest BCUT2D eigenvalue weighted by atomic mass is 10.2. The number of nitrogen functional groups attached to an aromatic ring is 1. The van der Waals surface area contributed by atoms with Crippen molar-refractivity contribution >= 4 is 11.6 Å². The van der Waals surface area contributed by atoms with E-state index < -0.39 is 11.6 Å². The number of pyridine rings is 1. The van der Waals surface area contributed by atoms with E-state index in [-0.39, 0.29) is 11.6 Å². The van der Waals surface area contributed by atoms with Crippen LogP contribution >= 0.6 is 0 Å². The Morgan fingerprint density at radius 2 is 2.11 bits per heavy atom. The first-order valence-electron chi connectivity index (χ1n) is 6.12. The summed E-state index contributed by atoms with van der Waals surface area (Å²) in [5.74, 6) is 4.19. The molecule has 0 aliphatic heterocycles. The number of nitrogens with zero attached hydrogens (tertiary/aromatic N) is 2. The maximum absolute atomic E-state index is 13.8. The fourth-order valence-corrected chi connectivity index (χ4v) is 1.95. The standard InChI is InChI=1S/C12H18F2N4/c1-7(2)6-18(8-3-4-8)12-10(14)5-9(13)11(16-12)17-15/h5,7-8H,3-4,6,15H2,1-2H3,(H,16,17). The van der Waals surface area contributed by atoms with Gasteiger partial charge in [-0.2, -0.15) is 0 Å². The van der Waals surface area contributed by atoms with Crippen molar-refractivity contribution in [3.63, 3.8) is 0 Å². The number of anilines is 2. The molecule has 0 radical (unpaired) electrons. The van der Waals surface area contributed by atoms with E-state index in [0.717, 1.165) is 18.9 Å². The summed E-state index contributed by atoms with van der Waals surface area (Å²) >= 11 is 0. The molecule has 1 aliphatic carbocycles. The molecule has 0 amide bonds. The highest BCUT2D eigenvalue weighted by Crippen LogP contribution is 2.33. The summed E-state index contributed by atoms with van der Waals surface area (Å²) in [6.07, 6.45) is 2.05. The van der Waals surface area contributed by atoms with Crippen molar-refractivity contribution in [2.75, 3.05) is 16.9 Å². The van der Waals surface area contributed by atoms with Gasteiger partial charge >= 0.3 is 0 Å². The van der Waals surface area contributed by atoms with Crippen LogP contribution in [0.4, 0.5) is 20.4 Å². The lowest BCUT2D eigenvalue weighted by Crippen LogP contribution is -2.32. The maximum atomic E-state index is 13.8. The van der Waals surface area contributed by atoms with Gasteiger partial charge in [0.25, 0.3) is 0 Å². The summed E-state index contributed by atoms with van der Waals surface area (Å²) in [6, 6.07) is 1.14. The Bertz CT molecular complexity index is 432. The topological polar surface area (TPSA) is 54.2 Å². The highest BCUT2D eigenvalue weighted by Gasteiger charge is 2.32. The molecule has 1 aromatic rings.